The molecule has 0 aromatic heterocycles. The first-order valence-electron chi connectivity index (χ1n) is 4.83. The Balaban J connectivity index is 2.29. The smallest absolute Gasteiger partial charge is 0.228 e. The summed E-state index contributed by atoms with van der Waals surface area (Å²) in [5.41, 5.74) is 0.747. The third-order valence-electron chi connectivity index (χ3n) is 2.58. The van der Waals surface area contributed by atoms with Gasteiger partial charge in [0.2, 0.25) is 5.91 Å². The van der Waals surface area contributed by atoms with Gasteiger partial charge in [-0.3, -0.25) is 4.79 Å². The van der Waals surface area contributed by atoms with Gasteiger partial charge < -0.3 is 4.90 Å². The lowest BCUT2D eigenvalue weighted by molar-refractivity contribution is -0.117. The molecular weight excluding hydrogens is 245 g/mol. The normalized spacial score (nSPS) is 19.9. The zero-order valence-electron chi connectivity index (χ0n) is 8.41. The summed E-state index contributed by atoms with van der Waals surface area (Å²) in [5.74, 6) is 2.62. The molecule has 0 saturated carbocycles. The lowest BCUT2D eigenvalue weighted by Gasteiger charge is -2.16. The number of rotatable bonds is 1. The number of amides is 1. The highest BCUT2D eigenvalue weighted by Gasteiger charge is 2.29. The second-order valence-corrected chi connectivity index (χ2v) is 4.48. The first kappa shape index (κ1) is 11.3. The molecule has 2 rings (SSSR count). The van der Waals surface area contributed by atoms with Crippen LogP contribution in [0.5, 0.6) is 0 Å². The second-order valence-electron chi connectivity index (χ2n) is 3.67. The van der Waals surface area contributed by atoms with E-state index < -0.39 is 0 Å². The Morgan fingerprint density at radius 2 is 2.12 bits per heavy atom. The fourth-order valence-electron chi connectivity index (χ4n) is 1.72. The molecule has 0 aliphatic carbocycles. The molecule has 1 saturated heterocycles. The van der Waals surface area contributed by atoms with Crippen molar-refractivity contribution in [3.63, 3.8) is 0 Å². The number of anilines is 1. The van der Waals surface area contributed by atoms with Crippen molar-refractivity contribution in [1.29, 1.82) is 0 Å². The molecule has 16 heavy (non-hydrogen) atoms. The molecule has 4 heteroatoms. The quantitative estimate of drug-likeness (QED) is 0.705. The number of hydrogen-bond acceptors (Lipinski definition) is 1. The van der Waals surface area contributed by atoms with E-state index in [1.807, 2.05) is 0 Å². The molecule has 0 N–H and O–H groups in total. The molecule has 1 aliphatic heterocycles. The molecular formula is C12H9Cl2NO. The average Bonchev–Trinajstić information content (AvgIpc) is 2.64. The molecule has 1 fully saturated rings. The number of halogens is 2. The zero-order valence-corrected chi connectivity index (χ0v) is 9.92. The Bertz CT molecular complexity index is 478. The topological polar surface area (TPSA) is 20.3 Å². The Labute approximate surface area is 104 Å². The van der Waals surface area contributed by atoms with E-state index in [1.165, 1.54) is 0 Å². The van der Waals surface area contributed by atoms with E-state index in [0.717, 1.165) is 5.69 Å². The van der Waals surface area contributed by atoms with Crippen LogP contribution in [0.2, 0.25) is 10.0 Å². The molecule has 1 aromatic rings. The van der Waals surface area contributed by atoms with Crippen molar-refractivity contribution in [2.75, 3.05) is 11.4 Å². The van der Waals surface area contributed by atoms with E-state index in [-0.39, 0.29) is 11.8 Å². The van der Waals surface area contributed by atoms with Crippen LogP contribution in [-0.4, -0.2) is 12.5 Å². The van der Waals surface area contributed by atoms with Gasteiger partial charge in [-0.1, -0.05) is 23.2 Å². The fraction of sp³-hybridized carbons (Fsp3) is 0.250. The Morgan fingerprint density at radius 3 is 2.69 bits per heavy atom. The summed E-state index contributed by atoms with van der Waals surface area (Å²) in [4.78, 5) is 13.3. The third kappa shape index (κ3) is 2.02. The Hall–Kier alpha value is -1.17. The number of benzene rings is 1. The number of terminal acetylenes is 1. The van der Waals surface area contributed by atoms with Crippen molar-refractivity contribution >= 4 is 34.8 Å². The molecule has 1 amide bonds. The van der Waals surface area contributed by atoms with Crippen molar-refractivity contribution in [3.8, 4) is 12.3 Å². The van der Waals surface area contributed by atoms with Crippen LogP contribution in [0, 0.1) is 18.3 Å². The van der Waals surface area contributed by atoms with Gasteiger partial charge in [0.05, 0.1) is 10.0 Å². The summed E-state index contributed by atoms with van der Waals surface area (Å²) >= 11 is 11.7. The summed E-state index contributed by atoms with van der Waals surface area (Å²) < 4.78 is 0. The second kappa shape index (κ2) is 4.37. The predicted octanol–water partition coefficient (Wildman–Crippen LogP) is 2.98. The highest BCUT2D eigenvalue weighted by molar-refractivity contribution is 6.42. The van der Waals surface area contributed by atoms with Crippen molar-refractivity contribution in [2.45, 2.75) is 6.42 Å². The first-order valence-corrected chi connectivity index (χ1v) is 5.59. The number of nitrogens with zero attached hydrogens (tertiary/aromatic N) is 1. The summed E-state index contributed by atoms with van der Waals surface area (Å²) in [5, 5.41) is 0.918. The van der Waals surface area contributed by atoms with Crippen molar-refractivity contribution in [3.05, 3.63) is 28.2 Å². The van der Waals surface area contributed by atoms with Gasteiger partial charge in [-0.2, -0.15) is 0 Å². The number of carbonyl (C=O) groups excluding carboxylic acids is 1. The van der Waals surface area contributed by atoms with E-state index in [0.29, 0.717) is 23.0 Å². The fourth-order valence-corrected chi connectivity index (χ4v) is 2.01. The lowest BCUT2D eigenvalue weighted by Crippen LogP contribution is -2.24. The highest BCUT2D eigenvalue weighted by atomic mass is 35.5. The minimum Gasteiger partial charge on any atom is -0.311 e. The van der Waals surface area contributed by atoms with Gasteiger partial charge in [-0.25, -0.2) is 0 Å². The van der Waals surface area contributed by atoms with E-state index in [4.69, 9.17) is 29.6 Å². The third-order valence-corrected chi connectivity index (χ3v) is 3.31. The predicted molar refractivity (Wildman–Crippen MR) is 65.8 cm³/mol. The van der Waals surface area contributed by atoms with E-state index in [2.05, 4.69) is 5.92 Å². The Morgan fingerprint density at radius 1 is 1.38 bits per heavy atom. The monoisotopic (exact) mass is 253 g/mol. The minimum atomic E-state index is -0.0121. The van der Waals surface area contributed by atoms with Crippen molar-refractivity contribution < 1.29 is 4.79 Å². The van der Waals surface area contributed by atoms with Gasteiger partial charge >= 0.3 is 0 Å². The standard InChI is InChI=1S/C12H9Cl2NO/c1-2-8-5-12(16)15(7-8)9-3-4-10(13)11(14)6-9/h1,3-4,6,8H,5,7H2. The summed E-state index contributed by atoms with van der Waals surface area (Å²) in [7, 11) is 0. The summed E-state index contributed by atoms with van der Waals surface area (Å²) in [6.45, 7) is 0.549. The SMILES string of the molecule is C#CC1CC(=O)N(c2ccc(Cl)c(Cl)c2)C1. The van der Waals surface area contributed by atoms with Crippen LogP contribution in [0.4, 0.5) is 5.69 Å². The van der Waals surface area contributed by atoms with Gasteiger partial charge in [0.15, 0.2) is 0 Å². The van der Waals surface area contributed by atoms with E-state index >= 15 is 0 Å². The largest absolute Gasteiger partial charge is 0.311 e. The first-order chi connectivity index (χ1) is 7.61. The lowest BCUT2D eigenvalue weighted by atomic mass is 10.1. The van der Waals surface area contributed by atoms with Gasteiger partial charge in [-0.05, 0) is 18.2 Å². The minimum absolute atomic E-state index is 0.0121. The Kier molecular flexibility index (Phi) is 3.09. The van der Waals surface area contributed by atoms with Crippen LogP contribution < -0.4 is 4.90 Å². The van der Waals surface area contributed by atoms with Crippen LogP contribution in [0.15, 0.2) is 18.2 Å². The molecule has 1 heterocycles. The van der Waals surface area contributed by atoms with Crippen LogP contribution in [-0.2, 0) is 4.79 Å². The molecule has 0 radical (unpaired) electrons. The molecule has 82 valence electrons. The average molecular weight is 254 g/mol. The molecule has 2 nitrogen and oxygen atoms in total. The van der Waals surface area contributed by atoms with Gasteiger partial charge in [0.25, 0.3) is 0 Å². The van der Waals surface area contributed by atoms with Crippen LogP contribution in [0.3, 0.4) is 0 Å². The number of hydrogen-bond donors (Lipinski definition) is 0. The van der Waals surface area contributed by atoms with Gasteiger partial charge in [-0.15, -0.1) is 12.3 Å². The van der Waals surface area contributed by atoms with E-state index in [1.54, 1.807) is 23.1 Å². The molecule has 1 unspecified atom stereocenters. The number of carbonyl (C=O) groups is 1. The van der Waals surface area contributed by atoms with E-state index in [9.17, 15) is 4.79 Å². The maximum absolute atomic E-state index is 11.7. The molecule has 1 atom stereocenters. The van der Waals surface area contributed by atoms with Crippen LogP contribution >= 0.6 is 23.2 Å². The summed E-state index contributed by atoms with van der Waals surface area (Å²) in [6.07, 6.45) is 5.71. The highest BCUT2D eigenvalue weighted by Crippen LogP contribution is 2.30. The summed E-state index contributed by atoms with van der Waals surface area (Å²) in [6, 6.07) is 5.13. The van der Waals surface area contributed by atoms with Crippen LogP contribution in [0.1, 0.15) is 6.42 Å². The molecule has 1 aromatic carbocycles. The maximum atomic E-state index is 11.7. The van der Waals surface area contributed by atoms with Crippen molar-refractivity contribution in [2.24, 2.45) is 5.92 Å². The molecule has 0 bridgehead atoms. The van der Waals surface area contributed by atoms with Gasteiger partial charge in [0.1, 0.15) is 0 Å². The maximum Gasteiger partial charge on any atom is 0.228 e. The molecule has 0 spiro atoms. The zero-order chi connectivity index (χ0) is 11.7. The van der Waals surface area contributed by atoms with Gasteiger partial charge in [0, 0.05) is 24.6 Å². The molecule has 1 aliphatic rings. The van der Waals surface area contributed by atoms with Crippen molar-refractivity contribution in [1.82, 2.24) is 0 Å². The van der Waals surface area contributed by atoms with Crippen LogP contribution in [0.25, 0.3) is 0 Å².